The van der Waals surface area contributed by atoms with Crippen molar-refractivity contribution in [2.45, 2.75) is 20.0 Å². The Kier molecular flexibility index (Phi) is 11.1. The summed E-state index contributed by atoms with van der Waals surface area (Å²) in [6.07, 6.45) is 1.61. The van der Waals surface area contributed by atoms with Crippen molar-refractivity contribution in [3.8, 4) is 5.75 Å². The van der Waals surface area contributed by atoms with Gasteiger partial charge in [-0.2, -0.15) is 0 Å². The fraction of sp³-hybridized carbons (Fsp3) is 0.391. The van der Waals surface area contributed by atoms with E-state index in [1.54, 1.807) is 0 Å². The minimum Gasteiger partial charge on any atom is -0.491 e. The summed E-state index contributed by atoms with van der Waals surface area (Å²) >= 11 is 0. The lowest BCUT2D eigenvalue weighted by atomic mass is 10.1. The van der Waals surface area contributed by atoms with Gasteiger partial charge in [0, 0.05) is 38.4 Å². The van der Waals surface area contributed by atoms with E-state index in [-0.39, 0.29) is 24.8 Å². The van der Waals surface area contributed by atoms with Crippen molar-refractivity contribution in [3.63, 3.8) is 0 Å². The molecule has 1 saturated heterocycles. The van der Waals surface area contributed by atoms with Crippen molar-refractivity contribution in [3.05, 3.63) is 66.2 Å². The van der Waals surface area contributed by atoms with E-state index in [1.165, 1.54) is 16.8 Å². The predicted octanol–water partition coefficient (Wildman–Crippen LogP) is 4.52. The molecule has 160 valence electrons. The number of ether oxygens (including phenoxy) is 1. The van der Waals surface area contributed by atoms with E-state index >= 15 is 0 Å². The smallest absolute Gasteiger partial charge is 0.119 e. The van der Waals surface area contributed by atoms with Gasteiger partial charge in [0.05, 0.1) is 0 Å². The highest BCUT2D eigenvalue weighted by atomic mass is 35.5. The van der Waals surface area contributed by atoms with Gasteiger partial charge in [-0.05, 0) is 49.2 Å². The van der Waals surface area contributed by atoms with Crippen LogP contribution in [0, 0.1) is 0 Å². The third-order valence-corrected chi connectivity index (χ3v) is 5.15. The molecule has 0 amide bonds. The maximum absolute atomic E-state index is 10.3. The van der Waals surface area contributed by atoms with E-state index in [4.69, 9.17) is 4.74 Å². The molecule has 1 heterocycles. The Balaban J connectivity index is 0.00000210. The van der Waals surface area contributed by atoms with E-state index < -0.39 is 6.10 Å². The number of allylic oxidation sites excluding steroid dienone is 2. The molecule has 0 aliphatic carbocycles. The molecule has 0 bridgehead atoms. The molecule has 3 rings (SSSR count). The number of rotatable bonds is 7. The maximum Gasteiger partial charge on any atom is 0.119 e. The molecule has 1 atom stereocenters. The van der Waals surface area contributed by atoms with Crippen molar-refractivity contribution in [1.82, 2.24) is 4.90 Å². The van der Waals surface area contributed by atoms with Crippen LogP contribution in [0.1, 0.15) is 19.4 Å². The van der Waals surface area contributed by atoms with Gasteiger partial charge in [-0.25, -0.2) is 0 Å². The molecule has 1 unspecified atom stereocenters. The van der Waals surface area contributed by atoms with E-state index in [2.05, 4.69) is 59.2 Å². The Hall–Kier alpha value is -1.72. The third-order valence-electron chi connectivity index (χ3n) is 5.15. The summed E-state index contributed by atoms with van der Waals surface area (Å²) in [6, 6.07) is 18.6. The molecular formula is C23H32Cl2N2O2. The Bertz CT molecular complexity index is 730. The van der Waals surface area contributed by atoms with Crippen molar-refractivity contribution >= 4 is 36.1 Å². The van der Waals surface area contributed by atoms with Gasteiger partial charge in [0.25, 0.3) is 0 Å². The van der Waals surface area contributed by atoms with E-state index in [1.807, 2.05) is 25.1 Å². The van der Waals surface area contributed by atoms with Crippen LogP contribution in [0.15, 0.2) is 60.7 Å². The number of halogens is 2. The van der Waals surface area contributed by atoms with Crippen molar-refractivity contribution < 1.29 is 9.84 Å². The SMILES string of the molecule is C/C=C(/C)c1ccc(OCC(O)CN2CCN(c3ccccc3)CC2)cc1.Cl.Cl. The molecule has 0 saturated carbocycles. The maximum atomic E-state index is 10.3. The first kappa shape index (κ1) is 25.3. The molecule has 1 aliphatic heterocycles. The van der Waals surface area contributed by atoms with Crippen LogP contribution in [0.25, 0.3) is 5.57 Å². The minimum absolute atomic E-state index is 0. The van der Waals surface area contributed by atoms with E-state index in [0.29, 0.717) is 13.2 Å². The lowest BCUT2D eigenvalue weighted by Crippen LogP contribution is -2.49. The summed E-state index contributed by atoms with van der Waals surface area (Å²) in [4.78, 5) is 4.71. The quantitative estimate of drug-likeness (QED) is 0.689. The number of benzene rings is 2. The first-order valence-corrected chi connectivity index (χ1v) is 9.72. The molecule has 0 radical (unpaired) electrons. The van der Waals surface area contributed by atoms with Crippen LogP contribution >= 0.6 is 24.8 Å². The monoisotopic (exact) mass is 438 g/mol. The summed E-state index contributed by atoms with van der Waals surface area (Å²) in [7, 11) is 0. The average molecular weight is 439 g/mol. The number of hydrogen-bond acceptors (Lipinski definition) is 4. The van der Waals surface area contributed by atoms with Gasteiger partial charge in [-0.3, -0.25) is 4.90 Å². The van der Waals surface area contributed by atoms with Gasteiger partial charge in [0.15, 0.2) is 0 Å². The van der Waals surface area contributed by atoms with Crippen LogP contribution in [-0.4, -0.2) is 55.4 Å². The summed E-state index contributed by atoms with van der Waals surface area (Å²) in [5.74, 6) is 0.801. The number of anilines is 1. The van der Waals surface area contributed by atoms with Crippen LogP contribution in [-0.2, 0) is 0 Å². The Labute approximate surface area is 187 Å². The van der Waals surface area contributed by atoms with Crippen LogP contribution in [0.4, 0.5) is 5.69 Å². The second kappa shape index (κ2) is 12.8. The van der Waals surface area contributed by atoms with Crippen molar-refractivity contribution in [1.29, 1.82) is 0 Å². The lowest BCUT2D eigenvalue weighted by Gasteiger charge is -2.36. The molecule has 6 heteroatoms. The summed E-state index contributed by atoms with van der Waals surface area (Å²) in [5, 5.41) is 10.3. The van der Waals surface area contributed by atoms with Gasteiger partial charge >= 0.3 is 0 Å². The first-order chi connectivity index (χ1) is 13.2. The molecule has 29 heavy (non-hydrogen) atoms. The molecule has 1 aliphatic rings. The topological polar surface area (TPSA) is 35.9 Å². The fourth-order valence-corrected chi connectivity index (χ4v) is 3.35. The van der Waals surface area contributed by atoms with Gasteiger partial charge in [-0.1, -0.05) is 36.4 Å². The standard InChI is InChI=1S/C23H30N2O2.2ClH/c1-3-19(2)20-9-11-23(12-10-20)27-18-22(26)17-24-13-15-25(16-14-24)21-7-5-4-6-8-21;;/h3-12,22,26H,13-18H2,1-2H3;2*1H/b19-3-;;. The van der Waals surface area contributed by atoms with Crippen molar-refractivity contribution in [2.24, 2.45) is 0 Å². The zero-order valence-electron chi connectivity index (χ0n) is 17.2. The van der Waals surface area contributed by atoms with Gasteiger partial charge in [0.2, 0.25) is 0 Å². The summed E-state index contributed by atoms with van der Waals surface area (Å²) < 4.78 is 5.76. The second-order valence-corrected chi connectivity index (χ2v) is 7.08. The number of piperazine rings is 1. The van der Waals surface area contributed by atoms with E-state index in [9.17, 15) is 5.11 Å². The molecule has 4 nitrogen and oxygen atoms in total. The van der Waals surface area contributed by atoms with Gasteiger partial charge < -0.3 is 14.7 Å². The Morgan fingerprint density at radius 1 is 1.00 bits per heavy atom. The minimum atomic E-state index is -0.481. The number of β-amino-alcohol motifs (C(OH)–C–C–N with tert-alkyl or cyclic N) is 1. The average Bonchev–Trinajstić information content (AvgIpc) is 2.73. The number of hydrogen-bond donors (Lipinski definition) is 1. The highest BCUT2D eigenvalue weighted by molar-refractivity contribution is 5.85. The molecule has 2 aromatic rings. The zero-order chi connectivity index (χ0) is 19.1. The number of para-hydroxylation sites is 1. The normalized spacial score (nSPS) is 15.8. The van der Waals surface area contributed by atoms with Crippen molar-refractivity contribution in [2.75, 3.05) is 44.2 Å². The van der Waals surface area contributed by atoms with Gasteiger partial charge in [-0.15, -0.1) is 24.8 Å². The van der Waals surface area contributed by atoms with Gasteiger partial charge in [0.1, 0.15) is 18.5 Å². The highest BCUT2D eigenvalue weighted by Crippen LogP contribution is 2.19. The molecule has 0 spiro atoms. The Morgan fingerprint density at radius 3 is 2.21 bits per heavy atom. The molecule has 1 fully saturated rings. The Morgan fingerprint density at radius 2 is 1.62 bits per heavy atom. The van der Waals surface area contributed by atoms with Crippen LogP contribution in [0.5, 0.6) is 5.75 Å². The molecule has 1 N–H and O–H groups in total. The third kappa shape index (κ3) is 7.56. The first-order valence-electron chi connectivity index (χ1n) is 9.72. The molecule has 0 aromatic heterocycles. The number of aliphatic hydroxyl groups excluding tert-OH is 1. The number of nitrogens with zero attached hydrogens (tertiary/aromatic N) is 2. The highest BCUT2D eigenvalue weighted by Gasteiger charge is 2.19. The zero-order valence-corrected chi connectivity index (χ0v) is 18.8. The summed E-state index contributed by atoms with van der Waals surface area (Å²) in [5.41, 5.74) is 3.72. The fourth-order valence-electron chi connectivity index (χ4n) is 3.35. The van der Waals surface area contributed by atoms with E-state index in [0.717, 1.165) is 31.9 Å². The van der Waals surface area contributed by atoms with Crippen LogP contribution < -0.4 is 9.64 Å². The number of aliphatic hydroxyl groups is 1. The largest absolute Gasteiger partial charge is 0.491 e. The molecular weight excluding hydrogens is 407 g/mol. The second-order valence-electron chi connectivity index (χ2n) is 7.08. The van der Waals surface area contributed by atoms with Crippen LogP contribution in [0.2, 0.25) is 0 Å². The van der Waals surface area contributed by atoms with Crippen LogP contribution in [0.3, 0.4) is 0 Å². The summed E-state index contributed by atoms with van der Waals surface area (Å²) in [6.45, 7) is 9.01. The lowest BCUT2D eigenvalue weighted by molar-refractivity contribution is 0.0663. The predicted molar refractivity (Wildman–Crippen MR) is 127 cm³/mol. The molecule has 2 aromatic carbocycles.